The minimum atomic E-state index is -0.271. The predicted octanol–water partition coefficient (Wildman–Crippen LogP) is 4.43. The molecule has 0 aliphatic rings. The minimum absolute atomic E-state index is 0.271. The molecule has 0 radical (unpaired) electrons. The van der Waals surface area contributed by atoms with Gasteiger partial charge in [-0.05, 0) is 35.7 Å². The second kappa shape index (κ2) is 5.76. The van der Waals surface area contributed by atoms with Crippen molar-refractivity contribution in [3.05, 3.63) is 65.4 Å². The molecule has 1 amide bonds. The third-order valence-corrected chi connectivity index (χ3v) is 3.73. The Labute approximate surface area is 132 Å². The van der Waals surface area contributed by atoms with E-state index in [2.05, 4.69) is 22.9 Å². The van der Waals surface area contributed by atoms with E-state index in [1.807, 2.05) is 24.3 Å². The number of anilines is 1. The molecule has 104 valence electrons. The number of carbonyl (C=O) groups is 1. The molecule has 0 bridgehead atoms. The van der Waals surface area contributed by atoms with Gasteiger partial charge in [-0.2, -0.15) is 0 Å². The van der Waals surface area contributed by atoms with E-state index in [0.717, 1.165) is 10.8 Å². The van der Waals surface area contributed by atoms with Gasteiger partial charge in [-0.3, -0.25) is 9.78 Å². The van der Waals surface area contributed by atoms with Crippen LogP contribution in [0.25, 0.3) is 10.8 Å². The Morgan fingerprint density at radius 1 is 1.19 bits per heavy atom. The van der Waals surface area contributed by atoms with E-state index >= 15 is 0 Å². The molecule has 1 heterocycles. The molecule has 5 heteroatoms. The maximum atomic E-state index is 12.4. The lowest BCUT2D eigenvalue weighted by Crippen LogP contribution is -2.12. The van der Waals surface area contributed by atoms with Gasteiger partial charge in [0.25, 0.3) is 5.91 Å². The van der Waals surface area contributed by atoms with Crippen molar-refractivity contribution in [2.75, 3.05) is 5.32 Å². The van der Waals surface area contributed by atoms with Crippen molar-refractivity contribution in [3.63, 3.8) is 0 Å². The molecule has 0 aliphatic carbocycles. The van der Waals surface area contributed by atoms with Crippen molar-refractivity contribution in [1.29, 1.82) is 0 Å². The average molecular weight is 315 g/mol. The number of nitrogens with zero attached hydrogens (tertiary/aromatic N) is 1. The maximum absolute atomic E-state index is 12.4. The molecule has 1 N–H and O–H groups in total. The van der Waals surface area contributed by atoms with Crippen molar-refractivity contribution in [2.24, 2.45) is 0 Å². The summed E-state index contributed by atoms with van der Waals surface area (Å²) in [5.74, 6) is -0.271. The lowest BCUT2D eigenvalue weighted by Gasteiger charge is -2.09. The van der Waals surface area contributed by atoms with Gasteiger partial charge in [0.2, 0.25) is 0 Å². The number of hydrogen-bond donors (Lipinski definition) is 2. The van der Waals surface area contributed by atoms with Crippen molar-refractivity contribution in [1.82, 2.24) is 4.98 Å². The van der Waals surface area contributed by atoms with Crippen molar-refractivity contribution < 1.29 is 4.79 Å². The van der Waals surface area contributed by atoms with E-state index in [1.165, 1.54) is 0 Å². The summed E-state index contributed by atoms with van der Waals surface area (Å²) in [7, 11) is 0. The van der Waals surface area contributed by atoms with Crippen LogP contribution in [0.1, 0.15) is 10.4 Å². The summed E-state index contributed by atoms with van der Waals surface area (Å²) < 4.78 is 0. The molecule has 0 aliphatic heterocycles. The Balaban J connectivity index is 1.99. The van der Waals surface area contributed by atoms with Crippen LogP contribution in [-0.2, 0) is 0 Å². The van der Waals surface area contributed by atoms with Gasteiger partial charge in [-0.1, -0.05) is 23.7 Å². The van der Waals surface area contributed by atoms with E-state index in [4.69, 9.17) is 11.6 Å². The summed E-state index contributed by atoms with van der Waals surface area (Å²) in [6.45, 7) is 0. The first kappa shape index (κ1) is 13.9. The number of amides is 1. The molecule has 0 atom stereocenters. The first-order valence-corrected chi connectivity index (χ1v) is 7.10. The Morgan fingerprint density at radius 2 is 2.05 bits per heavy atom. The molecule has 2 aromatic carbocycles. The number of thiol groups is 1. The highest BCUT2D eigenvalue weighted by atomic mass is 35.5. The molecular weight excluding hydrogens is 304 g/mol. The summed E-state index contributed by atoms with van der Waals surface area (Å²) in [5, 5.41) is 5.16. The molecule has 0 fully saturated rings. The lowest BCUT2D eigenvalue weighted by atomic mass is 10.1. The molecular formula is C16H11ClN2OS. The van der Waals surface area contributed by atoms with Crippen LogP contribution in [0.2, 0.25) is 5.02 Å². The zero-order valence-electron chi connectivity index (χ0n) is 10.9. The number of halogens is 1. The standard InChI is InChI=1S/C16H11ClN2OS/c17-14-5-4-11(21)8-12(14)16(20)19-15-3-1-2-10-6-7-18-9-13(10)15/h1-9,21H,(H,19,20). The number of rotatable bonds is 2. The molecule has 3 aromatic rings. The first-order valence-electron chi connectivity index (χ1n) is 6.28. The van der Waals surface area contributed by atoms with E-state index in [1.54, 1.807) is 30.6 Å². The number of aromatic nitrogens is 1. The number of benzene rings is 2. The minimum Gasteiger partial charge on any atom is -0.321 e. The Morgan fingerprint density at radius 3 is 2.90 bits per heavy atom. The molecule has 1 aromatic heterocycles. The lowest BCUT2D eigenvalue weighted by molar-refractivity contribution is 0.102. The normalized spacial score (nSPS) is 10.6. The van der Waals surface area contributed by atoms with Crippen molar-refractivity contribution >= 4 is 46.6 Å². The van der Waals surface area contributed by atoms with Gasteiger partial charge in [-0.25, -0.2) is 0 Å². The maximum Gasteiger partial charge on any atom is 0.257 e. The van der Waals surface area contributed by atoms with Gasteiger partial charge in [-0.15, -0.1) is 12.6 Å². The number of hydrogen-bond acceptors (Lipinski definition) is 3. The summed E-state index contributed by atoms with van der Waals surface area (Å²) in [6, 6.07) is 12.6. The first-order chi connectivity index (χ1) is 10.1. The van der Waals surface area contributed by atoms with E-state index < -0.39 is 0 Å². The SMILES string of the molecule is O=C(Nc1cccc2ccncc12)c1cc(S)ccc1Cl. The number of pyridine rings is 1. The van der Waals surface area contributed by atoms with Gasteiger partial charge in [0.1, 0.15) is 0 Å². The molecule has 0 saturated carbocycles. The smallest absolute Gasteiger partial charge is 0.257 e. The van der Waals surface area contributed by atoms with E-state index in [9.17, 15) is 4.79 Å². The van der Waals surface area contributed by atoms with Crippen LogP contribution in [0.4, 0.5) is 5.69 Å². The Kier molecular flexibility index (Phi) is 3.82. The van der Waals surface area contributed by atoms with E-state index in [-0.39, 0.29) is 5.91 Å². The molecule has 0 unspecified atom stereocenters. The number of carbonyl (C=O) groups excluding carboxylic acids is 1. The van der Waals surface area contributed by atoms with Crippen molar-refractivity contribution in [3.8, 4) is 0 Å². The number of fused-ring (bicyclic) bond motifs is 1. The van der Waals surface area contributed by atoms with Crippen LogP contribution in [0, 0.1) is 0 Å². The third kappa shape index (κ3) is 2.86. The summed E-state index contributed by atoms with van der Waals surface area (Å²) in [6.07, 6.45) is 3.44. The second-order valence-corrected chi connectivity index (χ2v) is 5.44. The molecule has 0 saturated heterocycles. The number of nitrogens with one attached hydrogen (secondary N) is 1. The monoisotopic (exact) mass is 314 g/mol. The van der Waals surface area contributed by atoms with Crippen LogP contribution in [0.15, 0.2) is 59.8 Å². The van der Waals surface area contributed by atoms with Crippen LogP contribution >= 0.6 is 24.2 Å². The van der Waals surface area contributed by atoms with Gasteiger partial charge in [0.15, 0.2) is 0 Å². The van der Waals surface area contributed by atoms with Crippen LogP contribution in [-0.4, -0.2) is 10.9 Å². The highest BCUT2D eigenvalue weighted by Crippen LogP contribution is 2.25. The molecule has 3 rings (SSSR count). The second-order valence-electron chi connectivity index (χ2n) is 4.52. The molecule has 0 spiro atoms. The zero-order chi connectivity index (χ0) is 14.8. The van der Waals surface area contributed by atoms with Gasteiger partial charge in [0, 0.05) is 22.7 Å². The topological polar surface area (TPSA) is 42.0 Å². The Bertz CT molecular complexity index is 830. The fourth-order valence-electron chi connectivity index (χ4n) is 2.10. The van der Waals surface area contributed by atoms with Crippen LogP contribution < -0.4 is 5.32 Å². The summed E-state index contributed by atoms with van der Waals surface area (Å²) >= 11 is 10.3. The molecule has 3 nitrogen and oxygen atoms in total. The summed E-state index contributed by atoms with van der Waals surface area (Å²) in [5.41, 5.74) is 1.09. The Hall–Kier alpha value is -2.04. The van der Waals surface area contributed by atoms with Crippen molar-refractivity contribution in [2.45, 2.75) is 4.90 Å². The molecule has 21 heavy (non-hydrogen) atoms. The van der Waals surface area contributed by atoms with Gasteiger partial charge >= 0.3 is 0 Å². The van der Waals surface area contributed by atoms with Crippen LogP contribution in [0.3, 0.4) is 0 Å². The summed E-state index contributed by atoms with van der Waals surface area (Å²) in [4.78, 5) is 17.2. The highest BCUT2D eigenvalue weighted by Gasteiger charge is 2.12. The van der Waals surface area contributed by atoms with Gasteiger partial charge in [0.05, 0.1) is 16.3 Å². The largest absolute Gasteiger partial charge is 0.321 e. The highest BCUT2D eigenvalue weighted by molar-refractivity contribution is 7.80. The quantitative estimate of drug-likeness (QED) is 0.687. The van der Waals surface area contributed by atoms with E-state index in [0.29, 0.717) is 21.2 Å². The zero-order valence-corrected chi connectivity index (χ0v) is 12.5. The van der Waals surface area contributed by atoms with Gasteiger partial charge < -0.3 is 5.32 Å². The third-order valence-electron chi connectivity index (χ3n) is 3.13. The fraction of sp³-hybridized carbons (Fsp3) is 0. The predicted molar refractivity (Wildman–Crippen MR) is 88.4 cm³/mol. The fourth-order valence-corrected chi connectivity index (χ4v) is 2.51. The van der Waals surface area contributed by atoms with Crippen LogP contribution in [0.5, 0.6) is 0 Å². The average Bonchev–Trinajstić information content (AvgIpc) is 2.50.